The lowest BCUT2D eigenvalue weighted by Crippen LogP contribution is -2.13. The van der Waals surface area contributed by atoms with E-state index in [9.17, 15) is 0 Å². The summed E-state index contributed by atoms with van der Waals surface area (Å²) in [6.07, 6.45) is 3.65. The third-order valence-corrected chi connectivity index (χ3v) is 3.69. The summed E-state index contributed by atoms with van der Waals surface area (Å²) in [7, 11) is 0. The van der Waals surface area contributed by atoms with Gasteiger partial charge >= 0.3 is 0 Å². The zero-order valence-corrected chi connectivity index (χ0v) is 12.4. The number of hydrogen-bond acceptors (Lipinski definition) is 3. The minimum absolute atomic E-state index is 0.372. The van der Waals surface area contributed by atoms with Crippen molar-refractivity contribution < 1.29 is 9.47 Å². The van der Waals surface area contributed by atoms with E-state index in [0.29, 0.717) is 17.7 Å². The zero-order valence-electron chi connectivity index (χ0n) is 11.6. The van der Waals surface area contributed by atoms with Gasteiger partial charge in [-0.3, -0.25) is 0 Å². The van der Waals surface area contributed by atoms with Gasteiger partial charge in [0.05, 0.1) is 12.7 Å². The van der Waals surface area contributed by atoms with Gasteiger partial charge in [0.2, 0.25) is 0 Å². The van der Waals surface area contributed by atoms with Crippen LogP contribution in [0.3, 0.4) is 0 Å². The molecule has 2 rings (SSSR count). The first-order chi connectivity index (χ1) is 9.08. The van der Waals surface area contributed by atoms with Crippen molar-refractivity contribution in [2.75, 3.05) is 13.2 Å². The monoisotopic (exact) mass is 279 g/mol. The summed E-state index contributed by atoms with van der Waals surface area (Å²) in [6.45, 7) is 5.64. The highest BCUT2D eigenvalue weighted by atomic mass is 32.1. The first-order valence-electron chi connectivity index (χ1n) is 6.73. The highest BCUT2D eigenvalue weighted by Gasteiger charge is 2.15. The molecule has 0 amide bonds. The highest BCUT2D eigenvalue weighted by Crippen LogP contribution is 2.25. The predicted octanol–water partition coefficient (Wildman–Crippen LogP) is 2.89. The van der Waals surface area contributed by atoms with E-state index < -0.39 is 0 Å². The highest BCUT2D eigenvalue weighted by molar-refractivity contribution is 7.80. The van der Waals surface area contributed by atoms with Crippen LogP contribution in [0.15, 0.2) is 12.1 Å². The summed E-state index contributed by atoms with van der Waals surface area (Å²) in [4.78, 5) is 0.428. The van der Waals surface area contributed by atoms with Crippen LogP contribution in [0.5, 0.6) is 5.75 Å². The molecular formula is C15H21NO2S. The van der Waals surface area contributed by atoms with Gasteiger partial charge in [0.25, 0.3) is 0 Å². The molecule has 3 nitrogen and oxygen atoms in total. The molecule has 4 heteroatoms. The SMILES string of the molecule is Cc1cc(C(N)=S)cc(C)c1OCCC1CCCO1. The molecule has 1 aromatic rings. The largest absolute Gasteiger partial charge is 0.493 e. The maximum Gasteiger partial charge on any atom is 0.125 e. The molecule has 19 heavy (non-hydrogen) atoms. The molecule has 0 spiro atoms. The Morgan fingerprint density at radius 1 is 1.42 bits per heavy atom. The Morgan fingerprint density at radius 3 is 2.63 bits per heavy atom. The summed E-state index contributed by atoms with van der Waals surface area (Å²) >= 11 is 5.01. The van der Waals surface area contributed by atoms with Crippen molar-refractivity contribution in [2.45, 2.75) is 39.2 Å². The predicted molar refractivity (Wildman–Crippen MR) is 80.9 cm³/mol. The fourth-order valence-corrected chi connectivity index (χ4v) is 2.60. The van der Waals surface area contributed by atoms with E-state index >= 15 is 0 Å². The molecule has 1 aliphatic rings. The Hall–Kier alpha value is -1.13. The lowest BCUT2D eigenvalue weighted by molar-refractivity contribution is 0.0901. The van der Waals surface area contributed by atoms with Crippen LogP contribution in [0.2, 0.25) is 0 Å². The average Bonchev–Trinajstić information content (AvgIpc) is 2.85. The lowest BCUT2D eigenvalue weighted by Gasteiger charge is -2.15. The number of thiocarbonyl (C=S) groups is 1. The number of benzene rings is 1. The molecule has 0 saturated carbocycles. The Bertz CT molecular complexity index is 444. The quantitative estimate of drug-likeness (QED) is 0.842. The van der Waals surface area contributed by atoms with E-state index in [2.05, 4.69) is 0 Å². The van der Waals surface area contributed by atoms with Crippen molar-refractivity contribution in [3.05, 3.63) is 28.8 Å². The molecule has 1 atom stereocenters. The maximum atomic E-state index is 5.90. The third kappa shape index (κ3) is 3.67. The Balaban J connectivity index is 1.97. The standard InChI is InChI=1S/C15H21NO2S/c1-10-8-12(15(16)19)9-11(2)14(10)18-7-5-13-4-3-6-17-13/h8-9,13H,3-7H2,1-2H3,(H2,16,19). The minimum Gasteiger partial charge on any atom is -0.493 e. The Morgan fingerprint density at radius 2 is 2.11 bits per heavy atom. The Labute approximate surface area is 120 Å². The van der Waals surface area contributed by atoms with Gasteiger partial charge in [-0.15, -0.1) is 0 Å². The number of ether oxygens (including phenoxy) is 2. The van der Waals surface area contributed by atoms with E-state index in [4.69, 9.17) is 27.4 Å². The molecule has 104 valence electrons. The van der Waals surface area contributed by atoms with Crippen LogP contribution in [-0.2, 0) is 4.74 Å². The zero-order chi connectivity index (χ0) is 13.8. The van der Waals surface area contributed by atoms with Gasteiger partial charge in [0, 0.05) is 18.6 Å². The fraction of sp³-hybridized carbons (Fsp3) is 0.533. The molecule has 1 aromatic carbocycles. The summed E-state index contributed by atoms with van der Waals surface area (Å²) in [5.74, 6) is 0.943. The molecule has 1 saturated heterocycles. The second-order valence-corrected chi connectivity index (χ2v) is 5.52. The van der Waals surface area contributed by atoms with Gasteiger partial charge in [-0.25, -0.2) is 0 Å². The summed E-state index contributed by atoms with van der Waals surface area (Å²) in [5, 5.41) is 0. The molecule has 1 unspecified atom stereocenters. The summed E-state index contributed by atoms with van der Waals surface area (Å²) < 4.78 is 11.5. The molecule has 1 heterocycles. The van der Waals surface area contributed by atoms with Crippen molar-refractivity contribution >= 4 is 17.2 Å². The molecule has 0 radical (unpaired) electrons. The molecule has 1 aliphatic heterocycles. The average molecular weight is 279 g/mol. The van der Waals surface area contributed by atoms with Gasteiger partial charge in [0.15, 0.2) is 0 Å². The van der Waals surface area contributed by atoms with E-state index in [-0.39, 0.29) is 0 Å². The van der Waals surface area contributed by atoms with E-state index in [1.807, 2.05) is 26.0 Å². The van der Waals surface area contributed by atoms with Gasteiger partial charge in [0.1, 0.15) is 10.7 Å². The number of rotatable bonds is 5. The summed E-state index contributed by atoms with van der Waals surface area (Å²) in [6, 6.07) is 3.97. The second-order valence-electron chi connectivity index (χ2n) is 5.08. The van der Waals surface area contributed by atoms with E-state index in [1.165, 1.54) is 6.42 Å². The summed E-state index contributed by atoms with van der Waals surface area (Å²) in [5.41, 5.74) is 8.72. The van der Waals surface area contributed by atoms with Crippen LogP contribution in [-0.4, -0.2) is 24.3 Å². The molecule has 0 aromatic heterocycles. The van der Waals surface area contributed by atoms with Crippen LogP contribution < -0.4 is 10.5 Å². The third-order valence-electron chi connectivity index (χ3n) is 3.46. The van der Waals surface area contributed by atoms with Gasteiger partial charge in [-0.05, 0) is 49.9 Å². The first kappa shape index (κ1) is 14.3. The lowest BCUT2D eigenvalue weighted by atomic mass is 10.1. The molecule has 2 N–H and O–H groups in total. The molecule has 0 aliphatic carbocycles. The van der Waals surface area contributed by atoms with Crippen LogP contribution in [0.1, 0.15) is 36.0 Å². The van der Waals surface area contributed by atoms with Crippen molar-refractivity contribution in [2.24, 2.45) is 5.73 Å². The van der Waals surface area contributed by atoms with Crippen LogP contribution in [0, 0.1) is 13.8 Å². The van der Waals surface area contributed by atoms with E-state index in [1.54, 1.807) is 0 Å². The minimum atomic E-state index is 0.372. The van der Waals surface area contributed by atoms with Crippen molar-refractivity contribution in [3.8, 4) is 5.75 Å². The van der Waals surface area contributed by atoms with Crippen molar-refractivity contribution in [1.82, 2.24) is 0 Å². The smallest absolute Gasteiger partial charge is 0.125 e. The first-order valence-corrected chi connectivity index (χ1v) is 7.14. The van der Waals surface area contributed by atoms with Gasteiger partial charge in [-0.2, -0.15) is 0 Å². The molecule has 0 bridgehead atoms. The Kier molecular flexibility index (Phi) is 4.77. The van der Waals surface area contributed by atoms with Crippen molar-refractivity contribution in [3.63, 3.8) is 0 Å². The number of nitrogens with two attached hydrogens (primary N) is 1. The molecule has 1 fully saturated rings. The second kappa shape index (κ2) is 6.35. The van der Waals surface area contributed by atoms with Crippen LogP contribution >= 0.6 is 12.2 Å². The van der Waals surface area contributed by atoms with Crippen LogP contribution in [0.25, 0.3) is 0 Å². The topological polar surface area (TPSA) is 44.5 Å². The number of hydrogen-bond donors (Lipinski definition) is 1. The van der Waals surface area contributed by atoms with Crippen molar-refractivity contribution in [1.29, 1.82) is 0 Å². The normalized spacial score (nSPS) is 18.5. The van der Waals surface area contributed by atoms with Crippen LogP contribution in [0.4, 0.5) is 0 Å². The number of aryl methyl sites for hydroxylation is 2. The molecular weight excluding hydrogens is 258 g/mol. The van der Waals surface area contributed by atoms with Gasteiger partial charge in [-0.1, -0.05) is 12.2 Å². The maximum absolute atomic E-state index is 5.90. The van der Waals surface area contributed by atoms with E-state index in [0.717, 1.165) is 41.9 Å². The fourth-order valence-electron chi connectivity index (χ4n) is 2.48. The van der Waals surface area contributed by atoms with Gasteiger partial charge < -0.3 is 15.2 Å².